The molecule has 0 saturated carbocycles. The lowest BCUT2D eigenvalue weighted by molar-refractivity contribution is 0.0700. The van der Waals surface area contributed by atoms with Gasteiger partial charge in [-0.15, -0.1) is 0 Å². The standard InChI is InChI=1S/C24H26N2O4S/c1-3-26(4-2)17-9-12-19-11-6-8-14-22(19)31(29,30)25-21-16-15-18-10-5-7-13-20(18)23(21)24(27)28/h5-16,25H,3-4,17H2,1-2H3,(H,27,28)/b12-9+. The summed E-state index contributed by atoms with van der Waals surface area (Å²) in [5.41, 5.74) is 0.504. The molecule has 6 nitrogen and oxygen atoms in total. The summed E-state index contributed by atoms with van der Waals surface area (Å²) >= 11 is 0. The van der Waals surface area contributed by atoms with E-state index in [1.165, 1.54) is 12.1 Å². The number of rotatable bonds is 9. The zero-order valence-corrected chi connectivity index (χ0v) is 18.4. The second-order valence-corrected chi connectivity index (χ2v) is 8.70. The zero-order chi connectivity index (χ0) is 22.4. The largest absolute Gasteiger partial charge is 0.478 e. The number of nitrogens with zero attached hydrogens (tertiary/aromatic N) is 1. The number of benzene rings is 3. The molecule has 0 spiro atoms. The minimum atomic E-state index is -4.01. The first-order valence-corrected chi connectivity index (χ1v) is 11.6. The first-order chi connectivity index (χ1) is 14.9. The normalized spacial score (nSPS) is 12.0. The highest BCUT2D eigenvalue weighted by molar-refractivity contribution is 7.92. The van der Waals surface area contributed by atoms with Gasteiger partial charge in [0.05, 0.1) is 16.1 Å². The lowest BCUT2D eigenvalue weighted by Gasteiger charge is -2.15. The van der Waals surface area contributed by atoms with E-state index in [1.54, 1.807) is 54.6 Å². The Morgan fingerprint density at radius 1 is 1.00 bits per heavy atom. The SMILES string of the molecule is CCN(CC)C/C=C/c1ccccc1S(=O)(=O)Nc1ccc2ccccc2c1C(=O)O. The van der Waals surface area contributed by atoms with Crippen molar-refractivity contribution in [1.82, 2.24) is 4.90 Å². The zero-order valence-electron chi connectivity index (χ0n) is 17.6. The number of fused-ring (bicyclic) bond motifs is 1. The van der Waals surface area contributed by atoms with Gasteiger partial charge in [0.25, 0.3) is 10.0 Å². The van der Waals surface area contributed by atoms with E-state index in [0.717, 1.165) is 18.5 Å². The summed E-state index contributed by atoms with van der Waals surface area (Å²) in [6, 6.07) is 16.8. The van der Waals surface area contributed by atoms with Crippen molar-refractivity contribution < 1.29 is 18.3 Å². The number of hydrogen-bond donors (Lipinski definition) is 2. The number of aromatic carboxylic acids is 1. The molecule has 0 atom stereocenters. The van der Waals surface area contributed by atoms with Crippen LogP contribution in [0.2, 0.25) is 0 Å². The molecule has 0 bridgehead atoms. The molecule has 0 amide bonds. The maximum Gasteiger partial charge on any atom is 0.338 e. The monoisotopic (exact) mass is 438 g/mol. The number of anilines is 1. The number of likely N-dealkylation sites (N-methyl/N-ethyl adjacent to an activating group) is 1. The molecule has 3 aromatic carbocycles. The summed E-state index contributed by atoms with van der Waals surface area (Å²) < 4.78 is 28.9. The van der Waals surface area contributed by atoms with E-state index in [4.69, 9.17) is 0 Å². The Morgan fingerprint density at radius 2 is 1.68 bits per heavy atom. The summed E-state index contributed by atoms with van der Waals surface area (Å²) in [5.74, 6) is -1.19. The number of sulfonamides is 1. The summed E-state index contributed by atoms with van der Waals surface area (Å²) in [6.45, 7) is 6.67. The van der Waals surface area contributed by atoms with Crippen LogP contribution in [0.5, 0.6) is 0 Å². The fourth-order valence-corrected chi connectivity index (χ4v) is 4.73. The van der Waals surface area contributed by atoms with Crippen molar-refractivity contribution in [2.75, 3.05) is 24.4 Å². The van der Waals surface area contributed by atoms with Crippen molar-refractivity contribution in [2.45, 2.75) is 18.7 Å². The van der Waals surface area contributed by atoms with Gasteiger partial charge in [-0.25, -0.2) is 13.2 Å². The van der Waals surface area contributed by atoms with Gasteiger partial charge < -0.3 is 10.0 Å². The number of hydrogen-bond acceptors (Lipinski definition) is 4. The average molecular weight is 439 g/mol. The third-order valence-electron chi connectivity index (χ3n) is 5.15. The van der Waals surface area contributed by atoms with Crippen LogP contribution in [-0.2, 0) is 10.0 Å². The molecule has 7 heteroatoms. The summed E-state index contributed by atoms with van der Waals surface area (Å²) in [6.07, 6.45) is 3.71. The summed E-state index contributed by atoms with van der Waals surface area (Å²) in [4.78, 5) is 14.2. The fourth-order valence-electron chi connectivity index (χ4n) is 3.46. The van der Waals surface area contributed by atoms with Gasteiger partial charge in [-0.2, -0.15) is 0 Å². The Labute approximate surface area is 182 Å². The smallest absolute Gasteiger partial charge is 0.338 e. The van der Waals surface area contributed by atoms with Crippen molar-refractivity contribution in [1.29, 1.82) is 0 Å². The highest BCUT2D eigenvalue weighted by Gasteiger charge is 2.22. The first kappa shape index (κ1) is 22.5. The van der Waals surface area contributed by atoms with Crippen LogP contribution in [-0.4, -0.2) is 44.0 Å². The van der Waals surface area contributed by atoms with Gasteiger partial charge in [0.1, 0.15) is 0 Å². The van der Waals surface area contributed by atoms with E-state index in [9.17, 15) is 18.3 Å². The van der Waals surface area contributed by atoms with Gasteiger partial charge in [-0.3, -0.25) is 4.72 Å². The van der Waals surface area contributed by atoms with E-state index in [-0.39, 0.29) is 16.1 Å². The minimum Gasteiger partial charge on any atom is -0.478 e. The molecular weight excluding hydrogens is 412 g/mol. The van der Waals surface area contributed by atoms with Crippen molar-refractivity contribution in [3.8, 4) is 0 Å². The molecule has 2 N–H and O–H groups in total. The number of carbonyl (C=O) groups is 1. The molecule has 0 saturated heterocycles. The molecule has 0 aromatic heterocycles. The van der Waals surface area contributed by atoms with Crippen LogP contribution in [0, 0.1) is 0 Å². The molecule has 0 unspecified atom stereocenters. The van der Waals surface area contributed by atoms with Crippen LogP contribution in [0.1, 0.15) is 29.8 Å². The predicted molar refractivity (Wildman–Crippen MR) is 125 cm³/mol. The minimum absolute atomic E-state index is 0.0353. The fraction of sp³-hybridized carbons (Fsp3) is 0.208. The lowest BCUT2D eigenvalue weighted by atomic mass is 10.0. The molecular formula is C24H26N2O4S. The van der Waals surface area contributed by atoms with Crippen LogP contribution < -0.4 is 4.72 Å². The van der Waals surface area contributed by atoms with E-state index >= 15 is 0 Å². The second-order valence-electron chi connectivity index (χ2n) is 7.05. The maximum absolute atomic E-state index is 13.2. The highest BCUT2D eigenvalue weighted by atomic mass is 32.2. The maximum atomic E-state index is 13.2. The van der Waals surface area contributed by atoms with Gasteiger partial charge >= 0.3 is 5.97 Å². The highest BCUT2D eigenvalue weighted by Crippen LogP contribution is 2.29. The summed E-state index contributed by atoms with van der Waals surface area (Å²) in [7, 11) is -4.01. The average Bonchev–Trinajstić information content (AvgIpc) is 2.76. The number of carboxylic acids is 1. The quantitative estimate of drug-likeness (QED) is 0.506. The topological polar surface area (TPSA) is 86.7 Å². The molecule has 31 heavy (non-hydrogen) atoms. The van der Waals surface area contributed by atoms with Gasteiger partial charge in [0, 0.05) is 6.54 Å². The number of nitrogens with one attached hydrogen (secondary N) is 1. The Bertz CT molecular complexity index is 1220. The summed E-state index contributed by atoms with van der Waals surface area (Å²) in [5, 5.41) is 10.9. The van der Waals surface area contributed by atoms with Gasteiger partial charge in [0.2, 0.25) is 0 Å². The first-order valence-electron chi connectivity index (χ1n) is 10.1. The van der Waals surface area contributed by atoms with E-state index in [0.29, 0.717) is 17.5 Å². The van der Waals surface area contributed by atoms with Crippen LogP contribution in [0.15, 0.2) is 71.6 Å². The predicted octanol–water partition coefficient (Wildman–Crippen LogP) is 4.69. The molecule has 0 radical (unpaired) electrons. The van der Waals surface area contributed by atoms with Crippen LogP contribution in [0.4, 0.5) is 5.69 Å². The van der Waals surface area contributed by atoms with Gasteiger partial charge in [-0.1, -0.05) is 74.5 Å². The third-order valence-corrected chi connectivity index (χ3v) is 6.59. The Kier molecular flexibility index (Phi) is 7.09. The molecule has 0 heterocycles. The molecule has 0 aliphatic carbocycles. The van der Waals surface area contributed by atoms with E-state index in [2.05, 4.69) is 23.5 Å². The number of carboxylic acid groups (broad SMARTS) is 1. The van der Waals surface area contributed by atoms with E-state index < -0.39 is 16.0 Å². The van der Waals surface area contributed by atoms with Crippen molar-refractivity contribution in [3.05, 3.63) is 77.9 Å². The Morgan fingerprint density at radius 3 is 2.39 bits per heavy atom. The third kappa shape index (κ3) is 5.13. The molecule has 162 valence electrons. The second kappa shape index (κ2) is 9.76. The van der Waals surface area contributed by atoms with Gasteiger partial charge in [-0.05, 0) is 41.6 Å². The molecule has 3 rings (SSSR count). The van der Waals surface area contributed by atoms with Crippen molar-refractivity contribution >= 4 is 38.5 Å². The Balaban J connectivity index is 1.98. The van der Waals surface area contributed by atoms with Crippen LogP contribution in [0.25, 0.3) is 16.8 Å². The van der Waals surface area contributed by atoms with Crippen LogP contribution >= 0.6 is 0 Å². The van der Waals surface area contributed by atoms with E-state index in [1.807, 2.05) is 6.08 Å². The lowest BCUT2D eigenvalue weighted by Crippen LogP contribution is -2.22. The Hall–Kier alpha value is -3.16. The van der Waals surface area contributed by atoms with Crippen molar-refractivity contribution in [2.24, 2.45) is 0 Å². The van der Waals surface area contributed by atoms with Crippen molar-refractivity contribution in [3.63, 3.8) is 0 Å². The molecule has 0 aliphatic heterocycles. The molecule has 3 aromatic rings. The van der Waals surface area contributed by atoms with Gasteiger partial charge in [0.15, 0.2) is 0 Å². The van der Waals surface area contributed by atoms with Crippen LogP contribution in [0.3, 0.4) is 0 Å². The molecule has 0 fully saturated rings. The molecule has 0 aliphatic rings.